The molecule has 8 nitrogen and oxygen atoms in total. The summed E-state index contributed by atoms with van der Waals surface area (Å²) in [6.07, 6.45) is 1.07. The smallest absolute Gasteiger partial charge is 0.276 e. The molecule has 0 radical (unpaired) electrons. The number of halogens is 3. The number of pyridine rings is 1. The Labute approximate surface area is 163 Å². The molecule has 0 unspecified atom stereocenters. The predicted molar refractivity (Wildman–Crippen MR) is 98.1 cm³/mol. The summed E-state index contributed by atoms with van der Waals surface area (Å²) in [6.45, 7) is 0.331. The molecule has 2 N–H and O–H groups in total. The molecule has 0 saturated carbocycles. The van der Waals surface area contributed by atoms with Crippen LogP contribution in [0.4, 0.5) is 20.3 Å². The summed E-state index contributed by atoms with van der Waals surface area (Å²) in [4.78, 5) is 35.1. The molecular weight excluding hydrogens is 394 g/mol. The van der Waals surface area contributed by atoms with Crippen LogP contribution in [0, 0.1) is 0 Å². The second-order valence-electron chi connectivity index (χ2n) is 6.79. The van der Waals surface area contributed by atoms with Crippen molar-refractivity contribution in [1.82, 2.24) is 24.8 Å². The van der Waals surface area contributed by atoms with Gasteiger partial charge in [-0.15, -0.1) is 0 Å². The molecule has 1 saturated heterocycles. The molecule has 0 atom stereocenters. The summed E-state index contributed by atoms with van der Waals surface area (Å²) in [5, 5.41) is 5.88. The number of alkyl halides is 2. The minimum absolute atomic E-state index is 0.0854. The molecule has 4 heterocycles. The topological polar surface area (TPSA) is 92.2 Å². The average Bonchev–Trinajstić information content (AvgIpc) is 2.95. The zero-order valence-corrected chi connectivity index (χ0v) is 15.4. The minimum atomic E-state index is -2.43. The van der Waals surface area contributed by atoms with E-state index in [0.717, 1.165) is 0 Å². The van der Waals surface area contributed by atoms with Gasteiger partial charge in [-0.3, -0.25) is 19.1 Å². The van der Waals surface area contributed by atoms with Crippen LogP contribution < -0.4 is 16.2 Å². The summed E-state index contributed by atoms with van der Waals surface area (Å²) in [5.74, 6) is -0.0419. The fourth-order valence-corrected chi connectivity index (χ4v) is 4.05. The standard InChI is InChI=1S/C17H17ClF2N6O2/c18-10-7-11(23-13-1-4-21-9-22-13)16(28)26-14(10)15(27)24-17(26)2-5-25(6-3-17)8-12(19)20/h1,4,7,9,12H,2-3,5-6,8H2,(H,24,27)(H,21,22,23). The van der Waals surface area contributed by atoms with Crippen LogP contribution in [-0.4, -0.2) is 51.4 Å². The van der Waals surface area contributed by atoms with Crippen LogP contribution in [-0.2, 0) is 5.66 Å². The third kappa shape index (κ3) is 3.22. The van der Waals surface area contributed by atoms with Crippen LogP contribution in [0.15, 0.2) is 29.5 Å². The van der Waals surface area contributed by atoms with Crippen LogP contribution in [0.1, 0.15) is 23.3 Å². The second-order valence-corrected chi connectivity index (χ2v) is 7.20. The lowest BCUT2D eigenvalue weighted by molar-refractivity contribution is 0.0391. The SMILES string of the molecule is O=C1NC2(CCN(CC(F)F)CC2)n2c1c(Cl)cc(Nc1ccncn1)c2=O. The first-order valence-electron chi connectivity index (χ1n) is 8.72. The van der Waals surface area contributed by atoms with Gasteiger partial charge in [0.2, 0.25) is 0 Å². The first-order valence-corrected chi connectivity index (χ1v) is 9.09. The number of hydrogen-bond acceptors (Lipinski definition) is 6. The number of carbonyl (C=O) groups excluding carboxylic acids is 1. The largest absolute Gasteiger partial charge is 0.336 e. The Bertz CT molecular complexity index is 960. The molecule has 11 heteroatoms. The van der Waals surface area contributed by atoms with Crippen molar-refractivity contribution in [3.8, 4) is 0 Å². The van der Waals surface area contributed by atoms with Crippen molar-refractivity contribution in [2.75, 3.05) is 25.0 Å². The third-order valence-corrected chi connectivity index (χ3v) is 5.36. The van der Waals surface area contributed by atoms with E-state index in [4.69, 9.17) is 11.6 Å². The molecule has 0 bridgehead atoms. The highest BCUT2D eigenvalue weighted by Gasteiger charge is 2.47. The summed E-state index contributed by atoms with van der Waals surface area (Å²) in [6, 6.07) is 2.98. The first kappa shape index (κ1) is 18.8. The van der Waals surface area contributed by atoms with Gasteiger partial charge in [-0.1, -0.05) is 11.6 Å². The molecule has 2 aromatic heterocycles. The molecule has 2 aromatic rings. The molecular formula is C17H17ClF2N6O2. The molecule has 4 rings (SSSR count). The number of nitrogens with one attached hydrogen (secondary N) is 2. The number of amides is 1. The number of fused-ring (bicyclic) bond motifs is 2. The lowest BCUT2D eigenvalue weighted by Gasteiger charge is -2.40. The number of rotatable bonds is 4. The number of aromatic nitrogens is 3. The number of hydrogen-bond donors (Lipinski definition) is 2. The Morgan fingerprint density at radius 1 is 1.32 bits per heavy atom. The molecule has 1 fully saturated rings. The van der Waals surface area contributed by atoms with Crippen molar-refractivity contribution in [3.05, 3.63) is 45.7 Å². The van der Waals surface area contributed by atoms with Gasteiger partial charge < -0.3 is 10.6 Å². The van der Waals surface area contributed by atoms with Gasteiger partial charge >= 0.3 is 0 Å². The molecule has 148 valence electrons. The van der Waals surface area contributed by atoms with Gasteiger partial charge in [0.25, 0.3) is 17.9 Å². The second kappa shape index (κ2) is 7.10. The number of likely N-dealkylation sites (tertiary alicyclic amines) is 1. The minimum Gasteiger partial charge on any atom is -0.336 e. The van der Waals surface area contributed by atoms with E-state index in [2.05, 4.69) is 20.6 Å². The quantitative estimate of drug-likeness (QED) is 0.798. The van der Waals surface area contributed by atoms with Crippen LogP contribution in [0.25, 0.3) is 0 Å². The zero-order chi connectivity index (χ0) is 19.9. The van der Waals surface area contributed by atoms with Gasteiger partial charge in [-0.2, -0.15) is 0 Å². The maximum Gasteiger partial charge on any atom is 0.276 e. The van der Waals surface area contributed by atoms with Gasteiger partial charge in [0.1, 0.15) is 29.2 Å². The van der Waals surface area contributed by atoms with Gasteiger partial charge in [0, 0.05) is 32.1 Å². The van der Waals surface area contributed by atoms with Crippen molar-refractivity contribution < 1.29 is 13.6 Å². The van der Waals surface area contributed by atoms with Gasteiger partial charge in [0.05, 0.1) is 11.6 Å². The maximum absolute atomic E-state index is 13.2. The summed E-state index contributed by atoms with van der Waals surface area (Å²) >= 11 is 6.30. The molecule has 2 aliphatic rings. The zero-order valence-electron chi connectivity index (χ0n) is 14.7. The normalized spacial score (nSPS) is 18.4. The number of nitrogens with zero attached hydrogens (tertiary/aromatic N) is 4. The Morgan fingerprint density at radius 2 is 2.07 bits per heavy atom. The number of carbonyl (C=O) groups is 1. The molecule has 0 aromatic carbocycles. The number of anilines is 2. The van der Waals surface area contributed by atoms with E-state index in [-0.39, 0.29) is 22.9 Å². The van der Waals surface area contributed by atoms with E-state index >= 15 is 0 Å². The maximum atomic E-state index is 13.2. The summed E-state index contributed by atoms with van der Waals surface area (Å²) < 4.78 is 26.7. The van der Waals surface area contributed by atoms with Crippen molar-refractivity contribution >= 4 is 29.0 Å². The van der Waals surface area contributed by atoms with Crippen molar-refractivity contribution in [2.45, 2.75) is 24.9 Å². The van der Waals surface area contributed by atoms with E-state index in [1.165, 1.54) is 23.2 Å². The summed E-state index contributed by atoms with van der Waals surface area (Å²) in [5.41, 5.74) is -1.16. The van der Waals surface area contributed by atoms with Gasteiger partial charge in [-0.05, 0) is 12.1 Å². The molecule has 1 amide bonds. The van der Waals surface area contributed by atoms with Crippen molar-refractivity contribution in [3.63, 3.8) is 0 Å². The highest BCUT2D eigenvalue weighted by Crippen LogP contribution is 2.35. The predicted octanol–water partition coefficient (Wildman–Crippen LogP) is 1.79. The molecule has 2 aliphatic heterocycles. The van der Waals surface area contributed by atoms with Gasteiger partial charge in [0.15, 0.2) is 0 Å². The molecule has 1 spiro atoms. The Balaban J connectivity index is 1.71. The Kier molecular flexibility index (Phi) is 4.76. The van der Waals surface area contributed by atoms with Crippen LogP contribution in [0.2, 0.25) is 5.02 Å². The summed E-state index contributed by atoms with van der Waals surface area (Å²) in [7, 11) is 0. The Hall–Kier alpha value is -2.59. The van der Waals surface area contributed by atoms with E-state index in [9.17, 15) is 18.4 Å². The highest BCUT2D eigenvalue weighted by atomic mass is 35.5. The van der Waals surface area contributed by atoms with Crippen LogP contribution >= 0.6 is 11.6 Å². The van der Waals surface area contributed by atoms with Crippen LogP contribution in [0.5, 0.6) is 0 Å². The van der Waals surface area contributed by atoms with E-state index < -0.39 is 23.6 Å². The van der Waals surface area contributed by atoms with E-state index in [1.54, 1.807) is 11.0 Å². The lowest BCUT2D eigenvalue weighted by atomic mass is 9.97. The first-order chi connectivity index (χ1) is 13.4. The molecule has 0 aliphatic carbocycles. The lowest BCUT2D eigenvalue weighted by Crippen LogP contribution is -2.55. The monoisotopic (exact) mass is 410 g/mol. The molecule has 28 heavy (non-hydrogen) atoms. The fourth-order valence-electron chi connectivity index (χ4n) is 3.77. The number of piperidine rings is 1. The van der Waals surface area contributed by atoms with Crippen molar-refractivity contribution in [2.24, 2.45) is 0 Å². The fraction of sp³-hybridized carbons (Fsp3) is 0.412. The van der Waals surface area contributed by atoms with E-state index in [0.29, 0.717) is 31.7 Å². The van der Waals surface area contributed by atoms with Crippen LogP contribution in [0.3, 0.4) is 0 Å². The van der Waals surface area contributed by atoms with Gasteiger partial charge in [-0.25, -0.2) is 18.7 Å². The third-order valence-electron chi connectivity index (χ3n) is 5.07. The Morgan fingerprint density at radius 3 is 2.71 bits per heavy atom. The van der Waals surface area contributed by atoms with Crippen molar-refractivity contribution in [1.29, 1.82) is 0 Å². The highest BCUT2D eigenvalue weighted by molar-refractivity contribution is 6.34. The van der Waals surface area contributed by atoms with E-state index in [1.807, 2.05) is 0 Å². The average molecular weight is 411 g/mol.